The Morgan fingerprint density at radius 2 is 2.40 bits per heavy atom. The van der Waals surface area contributed by atoms with Crippen molar-refractivity contribution in [1.82, 2.24) is 0 Å². The molecule has 0 nitrogen and oxygen atoms in total. The fraction of sp³-hybridized carbons (Fsp3) is 0.333. The molecule has 0 bridgehead atoms. The molecule has 1 aliphatic rings. The summed E-state index contributed by atoms with van der Waals surface area (Å²) in [4.78, 5) is 0. The van der Waals surface area contributed by atoms with E-state index in [0.29, 0.717) is 5.92 Å². The lowest BCUT2D eigenvalue weighted by atomic mass is 10.1. The van der Waals surface area contributed by atoms with Gasteiger partial charge in [-0.2, -0.15) is 0 Å². The molecule has 2 atom stereocenters. The van der Waals surface area contributed by atoms with E-state index in [4.69, 9.17) is 13.0 Å². The third kappa shape index (κ3) is 1.17. The van der Waals surface area contributed by atoms with Gasteiger partial charge in [-0.05, 0) is 36.4 Å². The number of hydrogen-bond acceptors (Lipinski definition) is 0. The van der Waals surface area contributed by atoms with Crippen molar-refractivity contribution in [3.63, 3.8) is 0 Å². The molecule has 0 aliphatic heterocycles. The molecular formula is C9H9Cl. The zero-order valence-corrected chi connectivity index (χ0v) is 6.31. The molecule has 1 aromatic carbocycles. The minimum absolute atomic E-state index is 0.119. The van der Waals surface area contributed by atoms with E-state index >= 15 is 0 Å². The van der Waals surface area contributed by atoms with Crippen LogP contribution < -0.4 is 0 Å². The van der Waals surface area contributed by atoms with Gasteiger partial charge in [-0.15, -0.1) is 0 Å². The monoisotopic (exact) mass is 153 g/mol. The first-order valence-corrected chi connectivity index (χ1v) is 3.83. The van der Waals surface area contributed by atoms with Gasteiger partial charge in [0, 0.05) is 6.39 Å². The first kappa shape index (κ1) is 5.20. The predicted octanol–water partition coefficient (Wildman–Crippen LogP) is 3.22. The summed E-state index contributed by atoms with van der Waals surface area (Å²) in [5.74, 6) is 0.452. The molecule has 0 unspecified atom stereocenters. The van der Waals surface area contributed by atoms with E-state index in [9.17, 15) is 0 Å². The molecule has 1 heteroatoms. The number of rotatable bonds is 1. The molecule has 0 spiro atoms. The van der Waals surface area contributed by atoms with Crippen molar-refractivity contribution in [3.8, 4) is 0 Å². The van der Waals surface area contributed by atoms with E-state index in [1.165, 1.54) is 5.56 Å². The van der Waals surface area contributed by atoms with Crippen molar-refractivity contribution in [1.29, 1.82) is 0 Å². The molecule has 1 aromatic rings. The maximum atomic E-state index is 7.42. The first-order valence-electron chi connectivity index (χ1n) is 4.03. The van der Waals surface area contributed by atoms with Gasteiger partial charge in [-0.1, -0.05) is 23.7 Å². The maximum absolute atomic E-state index is 7.42. The van der Waals surface area contributed by atoms with Gasteiger partial charge in [-0.3, -0.25) is 0 Å². The molecule has 52 valence electrons. The Morgan fingerprint density at radius 1 is 1.60 bits per heavy atom. The summed E-state index contributed by atoms with van der Waals surface area (Å²) in [5, 5.41) is 0.779. The van der Waals surface area contributed by atoms with Crippen LogP contribution in [-0.4, -0.2) is 0 Å². The van der Waals surface area contributed by atoms with E-state index in [-0.39, 0.29) is 6.40 Å². The number of hydrogen-bond donors (Lipinski definition) is 0. The fourth-order valence-electron chi connectivity index (χ4n) is 1.08. The van der Waals surface area contributed by atoms with Gasteiger partial charge in [0.15, 0.2) is 0 Å². The first-order chi connectivity index (χ1) is 5.27. The minimum Gasteiger partial charge on any atom is -0.0843 e. The van der Waals surface area contributed by atoms with Crippen molar-refractivity contribution in [3.05, 3.63) is 34.9 Å². The van der Waals surface area contributed by atoms with E-state index in [1.54, 1.807) is 0 Å². The SMILES string of the molecule is [2H][C@H]1C[C@@H]1c1cccc(Cl)c1. The molecule has 2 rings (SSSR count). The van der Waals surface area contributed by atoms with Crippen molar-refractivity contribution in [2.45, 2.75) is 18.7 Å². The summed E-state index contributed by atoms with van der Waals surface area (Å²) < 4.78 is 7.42. The molecule has 1 saturated carbocycles. The van der Waals surface area contributed by atoms with Gasteiger partial charge in [0.1, 0.15) is 0 Å². The fourth-order valence-corrected chi connectivity index (χ4v) is 1.28. The normalized spacial score (nSPS) is 31.5. The predicted molar refractivity (Wildman–Crippen MR) is 43.4 cm³/mol. The van der Waals surface area contributed by atoms with Crippen LogP contribution in [0.15, 0.2) is 24.3 Å². The van der Waals surface area contributed by atoms with Crippen LogP contribution in [-0.2, 0) is 0 Å². The largest absolute Gasteiger partial charge is 0.0843 e. The van der Waals surface area contributed by atoms with E-state index in [2.05, 4.69) is 0 Å². The van der Waals surface area contributed by atoms with Crippen LogP contribution in [0.4, 0.5) is 0 Å². The van der Waals surface area contributed by atoms with E-state index < -0.39 is 0 Å². The Bertz CT molecular complexity index is 272. The van der Waals surface area contributed by atoms with Crippen LogP contribution in [0.2, 0.25) is 5.02 Å². The average molecular weight is 154 g/mol. The molecule has 1 aliphatic carbocycles. The molecule has 0 heterocycles. The van der Waals surface area contributed by atoms with Gasteiger partial charge in [0.25, 0.3) is 0 Å². The second kappa shape index (κ2) is 2.28. The van der Waals surface area contributed by atoms with Crippen molar-refractivity contribution in [2.24, 2.45) is 0 Å². The highest BCUT2D eigenvalue weighted by Crippen LogP contribution is 2.40. The molecule has 0 saturated heterocycles. The highest BCUT2D eigenvalue weighted by molar-refractivity contribution is 6.30. The third-order valence-electron chi connectivity index (χ3n) is 1.75. The standard InChI is InChI=1S/C9H9Cl/c10-9-3-1-2-8(6-9)7-4-5-7/h1-3,6-7H,4-5H2/i4D/t4-,7+/m0/s1. The van der Waals surface area contributed by atoms with Crippen molar-refractivity contribution in [2.75, 3.05) is 0 Å². The Hall–Kier alpha value is -0.490. The van der Waals surface area contributed by atoms with Crippen molar-refractivity contribution >= 4 is 11.6 Å². The van der Waals surface area contributed by atoms with Crippen molar-refractivity contribution < 1.29 is 1.37 Å². The van der Waals surface area contributed by atoms with E-state index in [0.717, 1.165) is 11.4 Å². The average Bonchev–Trinajstić information content (AvgIpc) is 2.67. The summed E-state index contributed by atoms with van der Waals surface area (Å²) in [6.45, 7) is 0. The van der Waals surface area contributed by atoms with E-state index in [1.807, 2.05) is 24.3 Å². The topological polar surface area (TPSA) is 0 Å². The summed E-state index contributed by atoms with van der Waals surface area (Å²) in [6, 6.07) is 7.82. The molecule has 1 fully saturated rings. The molecule has 0 amide bonds. The Kier molecular flexibility index (Phi) is 1.19. The summed E-state index contributed by atoms with van der Waals surface area (Å²) in [7, 11) is 0. The summed E-state index contributed by atoms with van der Waals surface area (Å²) >= 11 is 5.80. The second-order valence-corrected chi connectivity index (χ2v) is 3.07. The van der Waals surface area contributed by atoms with Crippen LogP contribution >= 0.6 is 11.6 Å². The molecule has 0 radical (unpaired) electrons. The summed E-state index contributed by atoms with van der Waals surface area (Å²) in [5.41, 5.74) is 1.22. The van der Waals surface area contributed by atoms with Gasteiger partial charge in [0.05, 0.1) is 0 Å². The lowest BCUT2D eigenvalue weighted by Crippen LogP contribution is -1.75. The maximum Gasteiger partial charge on any atom is 0.0408 e. The summed E-state index contributed by atoms with van der Waals surface area (Å²) in [6.07, 6.45) is 1.12. The van der Waals surface area contributed by atoms with Gasteiger partial charge in [-0.25, -0.2) is 0 Å². The number of halogens is 1. The van der Waals surface area contributed by atoms with Crippen LogP contribution in [0.3, 0.4) is 0 Å². The Balaban J connectivity index is 2.25. The lowest BCUT2D eigenvalue weighted by molar-refractivity contribution is 1.13. The zero-order valence-electron chi connectivity index (χ0n) is 6.55. The minimum atomic E-state index is 0.119. The van der Waals surface area contributed by atoms with Crippen LogP contribution in [0.5, 0.6) is 0 Å². The quantitative estimate of drug-likeness (QED) is 0.581. The Labute approximate surface area is 67.2 Å². The second-order valence-electron chi connectivity index (χ2n) is 2.63. The molecular weight excluding hydrogens is 144 g/mol. The highest BCUT2D eigenvalue weighted by Gasteiger charge is 2.22. The highest BCUT2D eigenvalue weighted by atomic mass is 35.5. The smallest absolute Gasteiger partial charge is 0.0408 e. The molecule has 0 aromatic heterocycles. The van der Waals surface area contributed by atoms with Crippen LogP contribution in [0.1, 0.15) is 25.7 Å². The van der Waals surface area contributed by atoms with Crippen LogP contribution in [0, 0.1) is 0 Å². The zero-order chi connectivity index (χ0) is 7.84. The van der Waals surface area contributed by atoms with Crippen LogP contribution in [0.25, 0.3) is 0 Å². The van der Waals surface area contributed by atoms with Gasteiger partial charge in [0.2, 0.25) is 0 Å². The number of benzene rings is 1. The molecule has 0 N–H and O–H groups in total. The van der Waals surface area contributed by atoms with Gasteiger partial charge >= 0.3 is 0 Å². The third-order valence-corrected chi connectivity index (χ3v) is 1.98. The Morgan fingerprint density at radius 3 is 3.00 bits per heavy atom. The van der Waals surface area contributed by atoms with Gasteiger partial charge < -0.3 is 0 Å². The lowest BCUT2D eigenvalue weighted by Gasteiger charge is -1.95. The molecule has 10 heavy (non-hydrogen) atoms.